The Morgan fingerprint density at radius 3 is 1.36 bits per heavy atom. The van der Waals surface area contributed by atoms with Crippen LogP contribution in [0.3, 0.4) is 0 Å². The van der Waals surface area contributed by atoms with Gasteiger partial charge in [0.05, 0.1) is 22.2 Å². The molecule has 0 saturated heterocycles. The molecular weight excluding hydrogens is 316 g/mol. The number of rotatable bonds is 4. The summed E-state index contributed by atoms with van der Waals surface area (Å²) < 4.78 is 0. The van der Waals surface area contributed by atoms with Gasteiger partial charge >= 0.3 is 0 Å². The van der Waals surface area contributed by atoms with Crippen molar-refractivity contribution >= 4 is 32.7 Å². The van der Waals surface area contributed by atoms with Gasteiger partial charge in [-0.05, 0) is 24.3 Å². The summed E-state index contributed by atoms with van der Waals surface area (Å²) in [6, 6.07) is 8.13. The molecule has 2 aromatic rings. The van der Waals surface area contributed by atoms with E-state index in [2.05, 4.69) is 0 Å². The normalized spacial score (nSPS) is 27.5. The standard InChI is InChI=1S/C16H22N2O2S2/c1-17(2)11-7-5-9(21-11)13-15(19)14(16(13)20)10-6-8-12(22-10)18(3)4/h5-8,13-16,19-20H,1-4H3. The van der Waals surface area contributed by atoms with Crippen molar-refractivity contribution in [2.24, 2.45) is 0 Å². The summed E-state index contributed by atoms with van der Waals surface area (Å²) in [6.45, 7) is 0. The first-order chi connectivity index (χ1) is 10.4. The molecule has 0 atom stereocenters. The fraction of sp³-hybridized carbons (Fsp3) is 0.500. The van der Waals surface area contributed by atoms with E-state index in [9.17, 15) is 10.2 Å². The van der Waals surface area contributed by atoms with Crippen molar-refractivity contribution in [1.82, 2.24) is 0 Å². The predicted molar refractivity (Wildman–Crippen MR) is 94.8 cm³/mol. The van der Waals surface area contributed by atoms with Gasteiger partial charge < -0.3 is 20.0 Å². The maximum absolute atomic E-state index is 10.6. The van der Waals surface area contributed by atoms with Crippen LogP contribution in [0.1, 0.15) is 21.6 Å². The average Bonchev–Trinajstić information content (AvgIpc) is 3.08. The van der Waals surface area contributed by atoms with Crippen molar-refractivity contribution in [1.29, 1.82) is 0 Å². The Morgan fingerprint density at radius 2 is 1.09 bits per heavy atom. The summed E-state index contributed by atoms with van der Waals surface area (Å²) in [5.41, 5.74) is 0. The zero-order valence-corrected chi connectivity index (χ0v) is 14.9. The third-order valence-corrected chi connectivity index (χ3v) is 6.94. The molecule has 0 bridgehead atoms. The summed E-state index contributed by atoms with van der Waals surface area (Å²) in [5, 5.41) is 23.4. The quantitative estimate of drug-likeness (QED) is 0.899. The number of nitrogens with zero attached hydrogens (tertiary/aromatic N) is 2. The number of aliphatic hydroxyl groups is 2. The Kier molecular flexibility index (Phi) is 4.20. The van der Waals surface area contributed by atoms with Crippen LogP contribution in [-0.2, 0) is 0 Å². The fourth-order valence-electron chi connectivity index (χ4n) is 2.90. The first kappa shape index (κ1) is 15.8. The van der Waals surface area contributed by atoms with Crippen molar-refractivity contribution in [3.63, 3.8) is 0 Å². The first-order valence-electron chi connectivity index (χ1n) is 7.30. The van der Waals surface area contributed by atoms with E-state index < -0.39 is 12.2 Å². The van der Waals surface area contributed by atoms with Crippen molar-refractivity contribution in [2.75, 3.05) is 38.0 Å². The van der Waals surface area contributed by atoms with Crippen LogP contribution >= 0.6 is 22.7 Å². The second-order valence-electron chi connectivity index (χ2n) is 6.17. The molecule has 0 unspecified atom stereocenters. The van der Waals surface area contributed by atoms with Gasteiger partial charge in [-0.2, -0.15) is 0 Å². The van der Waals surface area contributed by atoms with Gasteiger partial charge in [0.15, 0.2) is 0 Å². The van der Waals surface area contributed by atoms with Gasteiger partial charge in [0.2, 0.25) is 0 Å². The number of hydrogen-bond acceptors (Lipinski definition) is 6. The topological polar surface area (TPSA) is 46.9 Å². The lowest BCUT2D eigenvalue weighted by Gasteiger charge is -2.45. The number of aliphatic hydroxyl groups excluding tert-OH is 2. The zero-order valence-electron chi connectivity index (χ0n) is 13.2. The summed E-state index contributed by atoms with van der Waals surface area (Å²) in [5.74, 6) is -0.345. The van der Waals surface area contributed by atoms with E-state index in [0.717, 1.165) is 19.8 Å². The summed E-state index contributed by atoms with van der Waals surface area (Å²) in [4.78, 5) is 6.21. The maximum Gasteiger partial charge on any atom is 0.0906 e. The zero-order chi connectivity index (χ0) is 16.0. The van der Waals surface area contributed by atoms with E-state index in [0.29, 0.717) is 0 Å². The van der Waals surface area contributed by atoms with Crippen LogP contribution < -0.4 is 9.80 Å². The highest BCUT2D eigenvalue weighted by Gasteiger charge is 2.51. The summed E-state index contributed by atoms with van der Waals surface area (Å²) in [6.07, 6.45) is -1.03. The lowest BCUT2D eigenvalue weighted by molar-refractivity contribution is -0.0760. The molecule has 1 fully saturated rings. The molecule has 120 valence electrons. The van der Waals surface area contributed by atoms with Gasteiger partial charge in [-0.25, -0.2) is 0 Å². The van der Waals surface area contributed by atoms with E-state index in [1.807, 2.05) is 62.3 Å². The van der Waals surface area contributed by atoms with Crippen LogP contribution in [0.4, 0.5) is 10.0 Å². The van der Waals surface area contributed by atoms with Crippen molar-refractivity contribution in [2.45, 2.75) is 24.0 Å². The highest BCUT2D eigenvalue weighted by molar-refractivity contribution is 7.16. The molecule has 0 aliphatic heterocycles. The molecule has 2 aromatic heterocycles. The van der Waals surface area contributed by atoms with Crippen LogP contribution in [0.25, 0.3) is 0 Å². The molecule has 0 spiro atoms. The molecular formula is C16H22N2O2S2. The highest BCUT2D eigenvalue weighted by atomic mass is 32.1. The Bertz CT molecular complexity index is 586. The maximum atomic E-state index is 10.6. The third-order valence-electron chi connectivity index (χ3n) is 4.24. The van der Waals surface area contributed by atoms with Crippen LogP contribution in [0, 0.1) is 0 Å². The lowest BCUT2D eigenvalue weighted by Crippen LogP contribution is -2.51. The highest BCUT2D eigenvalue weighted by Crippen LogP contribution is 2.52. The van der Waals surface area contributed by atoms with E-state index in [1.54, 1.807) is 22.7 Å². The molecule has 0 aromatic carbocycles. The van der Waals surface area contributed by atoms with Crippen LogP contribution in [0.5, 0.6) is 0 Å². The van der Waals surface area contributed by atoms with Crippen molar-refractivity contribution in [3.8, 4) is 0 Å². The molecule has 2 heterocycles. The molecule has 22 heavy (non-hydrogen) atoms. The Morgan fingerprint density at radius 1 is 0.727 bits per heavy atom. The van der Waals surface area contributed by atoms with E-state index >= 15 is 0 Å². The van der Waals surface area contributed by atoms with Crippen molar-refractivity contribution in [3.05, 3.63) is 34.0 Å². The van der Waals surface area contributed by atoms with Gasteiger partial charge in [0.1, 0.15) is 0 Å². The van der Waals surface area contributed by atoms with Gasteiger partial charge in [-0.15, -0.1) is 22.7 Å². The van der Waals surface area contributed by atoms with Crippen LogP contribution in [-0.4, -0.2) is 50.6 Å². The molecule has 1 aliphatic rings. The summed E-state index contributed by atoms with van der Waals surface area (Å²) in [7, 11) is 8.00. The Labute approximate surface area is 139 Å². The molecule has 0 amide bonds. The van der Waals surface area contributed by atoms with Gasteiger partial charge in [-0.1, -0.05) is 0 Å². The lowest BCUT2D eigenvalue weighted by atomic mass is 9.67. The average molecular weight is 338 g/mol. The number of anilines is 2. The minimum absolute atomic E-state index is 0.173. The van der Waals surface area contributed by atoms with Gasteiger partial charge in [-0.3, -0.25) is 0 Å². The number of hydrogen-bond donors (Lipinski definition) is 2. The van der Waals surface area contributed by atoms with E-state index in [1.165, 1.54) is 0 Å². The Balaban J connectivity index is 1.78. The minimum Gasteiger partial charge on any atom is -0.392 e. The Hall–Kier alpha value is -1.08. The largest absolute Gasteiger partial charge is 0.392 e. The molecule has 0 radical (unpaired) electrons. The van der Waals surface area contributed by atoms with Gasteiger partial charge in [0, 0.05) is 49.8 Å². The predicted octanol–water partition coefficient (Wildman–Crippen LogP) is 2.54. The smallest absolute Gasteiger partial charge is 0.0906 e. The van der Waals surface area contributed by atoms with Crippen LogP contribution in [0.2, 0.25) is 0 Å². The minimum atomic E-state index is -0.516. The number of thiophene rings is 2. The van der Waals surface area contributed by atoms with E-state index in [-0.39, 0.29) is 11.8 Å². The van der Waals surface area contributed by atoms with Gasteiger partial charge in [0.25, 0.3) is 0 Å². The van der Waals surface area contributed by atoms with Crippen LogP contribution in [0.15, 0.2) is 24.3 Å². The molecule has 1 aliphatic carbocycles. The monoisotopic (exact) mass is 338 g/mol. The summed E-state index contributed by atoms with van der Waals surface area (Å²) >= 11 is 3.28. The van der Waals surface area contributed by atoms with E-state index in [4.69, 9.17) is 0 Å². The fourth-order valence-corrected chi connectivity index (χ4v) is 5.12. The molecule has 2 N–H and O–H groups in total. The molecule has 3 rings (SSSR count). The first-order valence-corrected chi connectivity index (χ1v) is 8.93. The molecule has 1 saturated carbocycles. The SMILES string of the molecule is CN(C)c1ccc(C2C(O)C(c3ccc(N(C)C)s3)C2O)s1. The molecule has 6 heteroatoms. The molecule has 4 nitrogen and oxygen atoms in total. The third kappa shape index (κ3) is 2.54. The second-order valence-corrected chi connectivity index (χ2v) is 8.36. The second kappa shape index (κ2) is 5.85. The van der Waals surface area contributed by atoms with Crippen molar-refractivity contribution < 1.29 is 10.2 Å².